The molecule has 0 radical (unpaired) electrons. The lowest BCUT2D eigenvalue weighted by Gasteiger charge is -2.00. The van der Waals surface area contributed by atoms with Gasteiger partial charge in [-0.15, -0.1) is 0 Å². The minimum Gasteiger partial charge on any atom is -0.331 e. The first-order chi connectivity index (χ1) is 5.88. The lowest BCUT2D eigenvalue weighted by atomic mass is 10.4. The molecule has 0 amide bonds. The maximum atomic E-state index is 4.22. The lowest BCUT2D eigenvalue weighted by molar-refractivity contribution is 0.747. The van der Waals surface area contributed by atoms with Crippen LogP contribution in [0.15, 0.2) is 24.5 Å². The number of hydrogen-bond acceptors (Lipinski definition) is 2. The van der Waals surface area contributed by atoms with Crippen LogP contribution in [0, 0.1) is 0 Å². The molecular formula is C9H14N2S. The van der Waals surface area contributed by atoms with Crippen molar-refractivity contribution in [1.82, 2.24) is 9.55 Å². The van der Waals surface area contributed by atoms with E-state index in [-0.39, 0.29) is 0 Å². The highest BCUT2D eigenvalue weighted by Gasteiger charge is 1.95. The zero-order valence-electron chi connectivity index (χ0n) is 7.27. The maximum Gasteiger partial charge on any atom is 0.108 e. The summed E-state index contributed by atoms with van der Waals surface area (Å²) in [6.45, 7) is 3.02. The summed E-state index contributed by atoms with van der Waals surface area (Å²) in [5, 5.41) is 0. The van der Waals surface area contributed by atoms with Crippen LogP contribution in [0.2, 0.25) is 0 Å². The molecular weight excluding hydrogens is 168 g/mol. The van der Waals surface area contributed by atoms with Gasteiger partial charge in [0.25, 0.3) is 0 Å². The number of aryl methyl sites for hydroxylation is 1. The molecule has 0 aliphatic rings. The van der Waals surface area contributed by atoms with Crippen molar-refractivity contribution in [2.24, 2.45) is 0 Å². The number of nitrogens with zero attached hydrogens (tertiary/aromatic N) is 2. The molecule has 1 rings (SSSR count). The highest BCUT2D eigenvalue weighted by Crippen LogP contribution is 1.98. The fourth-order valence-electron chi connectivity index (χ4n) is 1.08. The van der Waals surface area contributed by atoms with E-state index >= 15 is 0 Å². The van der Waals surface area contributed by atoms with Gasteiger partial charge in [0.1, 0.15) is 5.82 Å². The number of hydrogen-bond donors (Lipinski definition) is 1. The van der Waals surface area contributed by atoms with Gasteiger partial charge in [0.2, 0.25) is 0 Å². The molecule has 0 bridgehead atoms. The second kappa shape index (κ2) is 5.04. The van der Waals surface area contributed by atoms with Gasteiger partial charge in [-0.1, -0.05) is 19.1 Å². The van der Waals surface area contributed by atoms with E-state index in [2.05, 4.69) is 35.2 Å². The fraction of sp³-hybridized carbons (Fsp3) is 0.444. The van der Waals surface area contributed by atoms with Crippen molar-refractivity contribution in [3.63, 3.8) is 0 Å². The van der Waals surface area contributed by atoms with Crippen molar-refractivity contribution in [2.45, 2.75) is 19.9 Å². The Hall–Kier alpha value is -0.700. The Morgan fingerprint density at radius 1 is 1.58 bits per heavy atom. The predicted molar refractivity (Wildman–Crippen MR) is 54.6 cm³/mol. The van der Waals surface area contributed by atoms with Crippen molar-refractivity contribution < 1.29 is 0 Å². The van der Waals surface area contributed by atoms with Crippen molar-refractivity contribution in [3.8, 4) is 0 Å². The summed E-state index contributed by atoms with van der Waals surface area (Å²) in [7, 11) is 0. The van der Waals surface area contributed by atoms with Gasteiger partial charge in [0, 0.05) is 31.1 Å². The molecule has 0 spiro atoms. The van der Waals surface area contributed by atoms with E-state index in [1.807, 2.05) is 18.5 Å². The van der Waals surface area contributed by atoms with Crippen molar-refractivity contribution in [2.75, 3.05) is 5.75 Å². The molecule has 2 nitrogen and oxygen atoms in total. The Morgan fingerprint density at radius 3 is 3.08 bits per heavy atom. The molecule has 0 saturated heterocycles. The zero-order valence-corrected chi connectivity index (χ0v) is 8.17. The summed E-state index contributed by atoms with van der Waals surface area (Å²) < 4.78 is 2.14. The number of rotatable bonds is 4. The van der Waals surface area contributed by atoms with Crippen LogP contribution >= 0.6 is 12.6 Å². The van der Waals surface area contributed by atoms with Crippen molar-refractivity contribution >= 4 is 12.6 Å². The zero-order chi connectivity index (χ0) is 8.81. The molecule has 0 aromatic carbocycles. The SMILES string of the molecule is CCc1nccn1CC=CCS. The lowest BCUT2D eigenvalue weighted by Crippen LogP contribution is -1.99. The number of thiol groups is 1. The highest BCUT2D eigenvalue weighted by molar-refractivity contribution is 7.80. The molecule has 66 valence electrons. The summed E-state index contributed by atoms with van der Waals surface area (Å²) >= 11 is 4.09. The van der Waals surface area contributed by atoms with Crippen LogP contribution in [-0.4, -0.2) is 15.3 Å². The topological polar surface area (TPSA) is 17.8 Å². The van der Waals surface area contributed by atoms with E-state index < -0.39 is 0 Å². The Morgan fingerprint density at radius 2 is 2.42 bits per heavy atom. The Balaban J connectivity index is 2.56. The number of imidazole rings is 1. The monoisotopic (exact) mass is 182 g/mol. The largest absolute Gasteiger partial charge is 0.331 e. The molecule has 1 aromatic rings. The molecule has 0 aliphatic carbocycles. The van der Waals surface area contributed by atoms with Gasteiger partial charge in [0.15, 0.2) is 0 Å². The Kier molecular flexibility index (Phi) is 3.94. The minimum absolute atomic E-state index is 0.802. The van der Waals surface area contributed by atoms with Crippen LogP contribution in [0.4, 0.5) is 0 Å². The van der Waals surface area contributed by atoms with Crippen molar-refractivity contribution in [3.05, 3.63) is 30.4 Å². The first kappa shape index (κ1) is 9.39. The molecule has 12 heavy (non-hydrogen) atoms. The van der Waals surface area contributed by atoms with Gasteiger partial charge in [-0.3, -0.25) is 0 Å². The quantitative estimate of drug-likeness (QED) is 0.556. The molecule has 0 aliphatic heterocycles. The van der Waals surface area contributed by atoms with Gasteiger partial charge in [0.05, 0.1) is 0 Å². The van der Waals surface area contributed by atoms with Crippen LogP contribution in [0.3, 0.4) is 0 Å². The molecule has 1 heterocycles. The third-order valence-corrected chi connectivity index (χ3v) is 1.90. The smallest absolute Gasteiger partial charge is 0.108 e. The third kappa shape index (κ3) is 2.41. The standard InChI is InChI=1S/C9H14N2S/c1-2-9-10-5-7-11(9)6-3-4-8-12/h3-5,7,12H,2,6,8H2,1H3. The van der Waals surface area contributed by atoms with E-state index in [0.717, 1.165) is 24.5 Å². The van der Waals surface area contributed by atoms with Crippen LogP contribution < -0.4 is 0 Å². The van der Waals surface area contributed by atoms with Gasteiger partial charge < -0.3 is 4.57 Å². The summed E-state index contributed by atoms with van der Waals surface area (Å²) in [6, 6.07) is 0. The Labute approximate surface area is 78.7 Å². The van der Waals surface area contributed by atoms with Crippen LogP contribution in [-0.2, 0) is 13.0 Å². The average molecular weight is 182 g/mol. The molecule has 0 saturated carbocycles. The van der Waals surface area contributed by atoms with Gasteiger partial charge in [-0.2, -0.15) is 12.6 Å². The van der Waals surface area contributed by atoms with E-state index in [0.29, 0.717) is 0 Å². The van der Waals surface area contributed by atoms with E-state index in [1.165, 1.54) is 0 Å². The summed E-state index contributed by atoms with van der Waals surface area (Å²) in [6.07, 6.45) is 8.98. The molecule has 0 N–H and O–H groups in total. The van der Waals surface area contributed by atoms with Crippen LogP contribution in [0.1, 0.15) is 12.7 Å². The number of aromatic nitrogens is 2. The highest BCUT2D eigenvalue weighted by atomic mass is 32.1. The molecule has 0 atom stereocenters. The van der Waals surface area contributed by atoms with E-state index in [9.17, 15) is 0 Å². The Bertz CT molecular complexity index is 253. The van der Waals surface area contributed by atoms with Crippen LogP contribution in [0.25, 0.3) is 0 Å². The summed E-state index contributed by atoms with van der Waals surface area (Å²) in [4.78, 5) is 4.22. The third-order valence-electron chi connectivity index (χ3n) is 1.69. The fourth-order valence-corrected chi connectivity index (χ4v) is 1.23. The first-order valence-corrected chi connectivity index (χ1v) is 4.77. The predicted octanol–water partition coefficient (Wildman–Crippen LogP) is 1.93. The summed E-state index contributed by atoms with van der Waals surface area (Å²) in [5.41, 5.74) is 0. The second-order valence-corrected chi connectivity index (χ2v) is 2.87. The first-order valence-electron chi connectivity index (χ1n) is 4.14. The average Bonchev–Trinajstić information content (AvgIpc) is 2.52. The molecule has 0 fully saturated rings. The molecule has 3 heteroatoms. The molecule has 1 aromatic heterocycles. The van der Waals surface area contributed by atoms with Gasteiger partial charge in [-0.25, -0.2) is 4.98 Å². The molecule has 0 unspecified atom stereocenters. The second-order valence-electron chi connectivity index (χ2n) is 2.50. The van der Waals surface area contributed by atoms with E-state index in [4.69, 9.17) is 0 Å². The van der Waals surface area contributed by atoms with E-state index in [1.54, 1.807) is 0 Å². The number of allylic oxidation sites excluding steroid dienone is 1. The normalized spacial score (nSPS) is 11.2. The maximum absolute atomic E-state index is 4.22. The van der Waals surface area contributed by atoms with Gasteiger partial charge in [-0.05, 0) is 0 Å². The van der Waals surface area contributed by atoms with Crippen LogP contribution in [0.5, 0.6) is 0 Å². The van der Waals surface area contributed by atoms with Crippen molar-refractivity contribution in [1.29, 1.82) is 0 Å². The minimum atomic E-state index is 0.802. The summed E-state index contributed by atoms with van der Waals surface area (Å²) in [5.74, 6) is 1.94. The van der Waals surface area contributed by atoms with Gasteiger partial charge >= 0.3 is 0 Å².